The van der Waals surface area contributed by atoms with Gasteiger partial charge in [0.05, 0.1) is 11.5 Å². The van der Waals surface area contributed by atoms with Crippen LogP contribution in [0.5, 0.6) is 0 Å². The predicted octanol–water partition coefficient (Wildman–Crippen LogP) is 3.01. The SMILES string of the molecule is Cc1cc(C)c(Nc2cc(C(=O)N(C)C3CCS(=O)(=O)C3)ccn2)c(C)c1. The number of rotatable bonds is 4. The number of hydrogen-bond donors (Lipinski definition) is 1. The Hall–Kier alpha value is -2.41. The van der Waals surface area contributed by atoms with E-state index in [0.29, 0.717) is 17.8 Å². The molecule has 6 nitrogen and oxygen atoms in total. The fraction of sp³-hybridized carbons (Fsp3) is 0.400. The van der Waals surface area contributed by atoms with Gasteiger partial charge >= 0.3 is 0 Å². The molecule has 1 amide bonds. The molecule has 2 aromatic rings. The normalized spacial score (nSPS) is 18.3. The Morgan fingerprint density at radius 3 is 2.44 bits per heavy atom. The maximum Gasteiger partial charge on any atom is 0.254 e. The van der Waals surface area contributed by atoms with Gasteiger partial charge in [-0.15, -0.1) is 0 Å². The van der Waals surface area contributed by atoms with Crippen LogP contribution in [0.25, 0.3) is 0 Å². The molecule has 1 aliphatic heterocycles. The minimum absolute atomic E-state index is 0.0349. The molecule has 1 aromatic heterocycles. The Morgan fingerprint density at radius 1 is 1.19 bits per heavy atom. The first-order valence-electron chi connectivity index (χ1n) is 8.95. The Kier molecular flexibility index (Phi) is 5.24. The number of sulfone groups is 1. The number of aryl methyl sites for hydroxylation is 3. The van der Waals surface area contributed by atoms with E-state index in [9.17, 15) is 13.2 Å². The van der Waals surface area contributed by atoms with E-state index in [0.717, 1.165) is 16.8 Å². The molecule has 27 heavy (non-hydrogen) atoms. The molecule has 1 unspecified atom stereocenters. The molecule has 1 aromatic carbocycles. The lowest BCUT2D eigenvalue weighted by Crippen LogP contribution is -2.37. The van der Waals surface area contributed by atoms with E-state index in [2.05, 4.69) is 29.4 Å². The number of pyridine rings is 1. The average Bonchev–Trinajstić information content (AvgIpc) is 2.97. The summed E-state index contributed by atoms with van der Waals surface area (Å²) in [5.74, 6) is 0.570. The number of anilines is 2. The van der Waals surface area contributed by atoms with Gasteiger partial charge in [0.1, 0.15) is 5.82 Å². The number of carbonyl (C=O) groups excluding carboxylic acids is 1. The minimum Gasteiger partial charge on any atom is -0.340 e. The zero-order valence-electron chi connectivity index (χ0n) is 16.1. The van der Waals surface area contributed by atoms with Crippen molar-refractivity contribution in [3.63, 3.8) is 0 Å². The highest BCUT2D eigenvalue weighted by atomic mass is 32.2. The van der Waals surface area contributed by atoms with Gasteiger partial charge in [0.25, 0.3) is 5.91 Å². The van der Waals surface area contributed by atoms with Crippen molar-refractivity contribution in [1.82, 2.24) is 9.88 Å². The highest BCUT2D eigenvalue weighted by molar-refractivity contribution is 7.91. The average molecular weight is 388 g/mol. The summed E-state index contributed by atoms with van der Waals surface area (Å²) >= 11 is 0. The van der Waals surface area contributed by atoms with Crippen LogP contribution in [0.2, 0.25) is 0 Å². The Morgan fingerprint density at radius 2 is 1.85 bits per heavy atom. The number of aromatic nitrogens is 1. The molecule has 1 aliphatic rings. The number of hydrogen-bond acceptors (Lipinski definition) is 5. The van der Waals surface area contributed by atoms with Crippen molar-refractivity contribution in [2.24, 2.45) is 0 Å². The third-order valence-corrected chi connectivity index (χ3v) is 6.76. The second-order valence-electron chi connectivity index (χ2n) is 7.30. The Labute approximate surface area is 160 Å². The van der Waals surface area contributed by atoms with Crippen molar-refractivity contribution in [2.45, 2.75) is 33.2 Å². The summed E-state index contributed by atoms with van der Waals surface area (Å²) in [5, 5.41) is 3.31. The van der Waals surface area contributed by atoms with E-state index < -0.39 is 9.84 Å². The van der Waals surface area contributed by atoms with E-state index in [1.165, 1.54) is 10.5 Å². The molecule has 0 bridgehead atoms. The zero-order chi connectivity index (χ0) is 19.8. The summed E-state index contributed by atoms with van der Waals surface area (Å²) in [5.41, 5.74) is 4.88. The number of benzene rings is 1. The highest BCUT2D eigenvalue weighted by Gasteiger charge is 2.33. The van der Waals surface area contributed by atoms with Crippen LogP contribution in [0.3, 0.4) is 0 Å². The van der Waals surface area contributed by atoms with Gasteiger partial charge in [-0.25, -0.2) is 13.4 Å². The first-order chi connectivity index (χ1) is 12.7. The molecule has 1 atom stereocenters. The van der Waals surface area contributed by atoms with Crippen LogP contribution < -0.4 is 5.32 Å². The van der Waals surface area contributed by atoms with E-state index in [1.807, 2.05) is 13.8 Å². The third-order valence-electron chi connectivity index (χ3n) is 5.01. The van der Waals surface area contributed by atoms with Crippen LogP contribution in [-0.4, -0.2) is 48.8 Å². The molecule has 1 saturated heterocycles. The number of nitrogens with one attached hydrogen (secondary N) is 1. The largest absolute Gasteiger partial charge is 0.340 e. The molecular weight excluding hydrogens is 362 g/mol. The van der Waals surface area contributed by atoms with Gasteiger partial charge in [-0.1, -0.05) is 17.7 Å². The second-order valence-corrected chi connectivity index (χ2v) is 9.53. The van der Waals surface area contributed by atoms with E-state index >= 15 is 0 Å². The van der Waals surface area contributed by atoms with Crippen molar-refractivity contribution >= 4 is 27.2 Å². The van der Waals surface area contributed by atoms with Gasteiger partial charge in [-0.3, -0.25) is 4.79 Å². The monoisotopic (exact) mass is 387 g/mol. The van der Waals surface area contributed by atoms with Gasteiger partial charge in [0.2, 0.25) is 0 Å². The third kappa shape index (κ3) is 4.30. The molecule has 0 spiro atoms. The zero-order valence-corrected chi connectivity index (χ0v) is 16.9. The molecule has 7 heteroatoms. The molecule has 0 aliphatic carbocycles. The number of amides is 1. The topological polar surface area (TPSA) is 79.4 Å². The quantitative estimate of drug-likeness (QED) is 0.872. The summed E-state index contributed by atoms with van der Waals surface area (Å²) in [6.07, 6.45) is 2.08. The van der Waals surface area contributed by atoms with Crippen LogP contribution in [0.4, 0.5) is 11.5 Å². The van der Waals surface area contributed by atoms with Crippen LogP contribution in [0.15, 0.2) is 30.5 Å². The maximum atomic E-state index is 12.8. The van der Waals surface area contributed by atoms with Gasteiger partial charge in [0.15, 0.2) is 9.84 Å². The summed E-state index contributed by atoms with van der Waals surface area (Å²) < 4.78 is 23.4. The van der Waals surface area contributed by atoms with E-state index in [-0.39, 0.29) is 23.5 Å². The lowest BCUT2D eigenvalue weighted by Gasteiger charge is -2.23. The maximum absolute atomic E-state index is 12.8. The van der Waals surface area contributed by atoms with Crippen molar-refractivity contribution in [2.75, 3.05) is 23.9 Å². The van der Waals surface area contributed by atoms with Crippen LogP contribution in [-0.2, 0) is 9.84 Å². The van der Waals surface area contributed by atoms with Crippen molar-refractivity contribution < 1.29 is 13.2 Å². The summed E-state index contributed by atoms with van der Waals surface area (Å²) in [6.45, 7) is 6.12. The van der Waals surface area contributed by atoms with Gasteiger partial charge in [-0.05, 0) is 50.5 Å². The lowest BCUT2D eigenvalue weighted by atomic mass is 10.1. The van der Waals surface area contributed by atoms with Gasteiger partial charge in [0, 0.05) is 30.5 Å². The first kappa shape index (κ1) is 19.4. The fourth-order valence-electron chi connectivity index (χ4n) is 3.59. The number of nitrogens with zero attached hydrogens (tertiary/aromatic N) is 2. The van der Waals surface area contributed by atoms with Crippen molar-refractivity contribution in [3.8, 4) is 0 Å². The first-order valence-corrected chi connectivity index (χ1v) is 10.8. The highest BCUT2D eigenvalue weighted by Crippen LogP contribution is 2.26. The summed E-state index contributed by atoms with van der Waals surface area (Å²) in [7, 11) is -1.37. The standard InChI is InChI=1S/C20H25N3O3S/c1-13-9-14(2)19(15(3)10-13)22-18-11-16(5-7-21-18)20(24)23(4)17-6-8-27(25,26)12-17/h5,7,9-11,17H,6,8,12H2,1-4H3,(H,21,22). The molecule has 2 heterocycles. The molecule has 1 N–H and O–H groups in total. The van der Waals surface area contributed by atoms with Crippen LogP contribution >= 0.6 is 0 Å². The van der Waals surface area contributed by atoms with Gasteiger partial charge in [-0.2, -0.15) is 0 Å². The van der Waals surface area contributed by atoms with Crippen molar-refractivity contribution in [3.05, 3.63) is 52.7 Å². The smallest absolute Gasteiger partial charge is 0.254 e. The summed E-state index contributed by atoms with van der Waals surface area (Å²) in [4.78, 5) is 18.7. The molecule has 144 valence electrons. The Balaban J connectivity index is 1.80. The fourth-order valence-corrected chi connectivity index (χ4v) is 5.36. The predicted molar refractivity (Wildman–Crippen MR) is 107 cm³/mol. The van der Waals surface area contributed by atoms with Crippen molar-refractivity contribution in [1.29, 1.82) is 0 Å². The minimum atomic E-state index is -3.04. The Bertz CT molecular complexity index is 963. The lowest BCUT2D eigenvalue weighted by molar-refractivity contribution is 0.0747. The number of carbonyl (C=O) groups is 1. The molecule has 0 radical (unpaired) electrons. The molecule has 0 saturated carbocycles. The van der Waals surface area contributed by atoms with Gasteiger partial charge < -0.3 is 10.2 Å². The van der Waals surface area contributed by atoms with Crippen LogP contribution in [0, 0.1) is 20.8 Å². The van der Waals surface area contributed by atoms with Crippen LogP contribution in [0.1, 0.15) is 33.5 Å². The van der Waals surface area contributed by atoms with E-state index in [1.54, 1.807) is 25.4 Å². The summed E-state index contributed by atoms with van der Waals surface area (Å²) in [6, 6.07) is 7.29. The molecule has 3 rings (SSSR count). The van der Waals surface area contributed by atoms with E-state index in [4.69, 9.17) is 0 Å². The molecule has 1 fully saturated rings. The second kappa shape index (κ2) is 7.31. The molecular formula is C20H25N3O3S.